The summed E-state index contributed by atoms with van der Waals surface area (Å²) in [6.45, 7) is 0.510. The Morgan fingerprint density at radius 1 is 1.12 bits per heavy atom. The highest BCUT2D eigenvalue weighted by Crippen LogP contribution is 2.32. The Morgan fingerprint density at radius 3 is 2.75 bits per heavy atom. The Kier molecular flexibility index (Phi) is 3.78. The van der Waals surface area contributed by atoms with Gasteiger partial charge in [0.25, 0.3) is 0 Å². The van der Waals surface area contributed by atoms with Gasteiger partial charge in [0.05, 0.1) is 5.92 Å². The van der Waals surface area contributed by atoms with E-state index in [1.807, 2.05) is 42.5 Å². The molecule has 0 radical (unpaired) electrons. The van der Waals surface area contributed by atoms with Crippen LogP contribution in [-0.2, 0) is 4.79 Å². The molecule has 5 nitrogen and oxygen atoms in total. The largest absolute Gasteiger partial charge is 0.339 e. The van der Waals surface area contributed by atoms with Gasteiger partial charge in [0.15, 0.2) is 0 Å². The minimum absolute atomic E-state index is 0.0294. The molecule has 6 heteroatoms. The Hall–Kier alpha value is -2.66. The fourth-order valence-electron chi connectivity index (χ4n) is 2.87. The lowest BCUT2D eigenvalue weighted by atomic mass is 10.1. The van der Waals surface area contributed by atoms with Gasteiger partial charge < -0.3 is 9.42 Å². The van der Waals surface area contributed by atoms with E-state index in [4.69, 9.17) is 16.1 Å². The van der Waals surface area contributed by atoms with Crippen molar-refractivity contribution in [2.24, 2.45) is 0 Å². The number of carbonyl (C=O) groups is 1. The van der Waals surface area contributed by atoms with Gasteiger partial charge in [0.2, 0.25) is 17.6 Å². The molecular weight excluding hydrogens is 326 g/mol. The maximum Gasteiger partial charge on any atom is 0.232 e. The molecule has 2 aromatic carbocycles. The molecule has 1 aromatic heterocycles. The first-order chi connectivity index (χ1) is 11.7. The molecule has 0 N–H and O–H groups in total. The average Bonchev–Trinajstić information content (AvgIpc) is 3.22. The first kappa shape index (κ1) is 14.9. The van der Waals surface area contributed by atoms with E-state index in [2.05, 4.69) is 10.1 Å². The van der Waals surface area contributed by atoms with Crippen LogP contribution in [0.25, 0.3) is 11.4 Å². The Morgan fingerprint density at radius 2 is 1.96 bits per heavy atom. The molecule has 0 bridgehead atoms. The number of nitrogens with zero attached hydrogens (tertiary/aromatic N) is 3. The molecule has 2 heterocycles. The summed E-state index contributed by atoms with van der Waals surface area (Å²) in [7, 11) is 0. The molecule has 1 saturated heterocycles. The van der Waals surface area contributed by atoms with Crippen molar-refractivity contribution in [3.8, 4) is 11.4 Å². The van der Waals surface area contributed by atoms with Crippen LogP contribution in [0.1, 0.15) is 18.2 Å². The van der Waals surface area contributed by atoms with Crippen LogP contribution < -0.4 is 4.90 Å². The van der Waals surface area contributed by atoms with Gasteiger partial charge in [-0.15, -0.1) is 0 Å². The van der Waals surface area contributed by atoms with E-state index in [1.165, 1.54) is 0 Å². The molecule has 1 amide bonds. The van der Waals surface area contributed by atoms with E-state index in [0.29, 0.717) is 29.7 Å². The fourth-order valence-corrected chi connectivity index (χ4v) is 3.06. The summed E-state index contributed by atoms with van der Waals surface area (Å²) < 4.78 is 5.39. The molecule has 1 fully saturated rings. The lowest BCUT2D eigenvalue weighted by Crippen LogP contribution is -2.24. The van der Waals surface area contributed by atoms with Crippen LogP contribution in [0.5, 0.6) is 0 Å². The van der Waals surface area contributed by atoms with Crippen LogP contribution >= 0.6 is 11.6 Å². The van der Waals surface area contributed by atoms with Crippen LogP contribution in [0.15, 0.2) is 59.1 Å². The number of rotatable bonds is 3. The van der Waals surface area contributed by atoms with Gasteiger partial charge in [0, 0.05) is 29.2 Å². The summed E-state index contributed by atoms with van der Waals surface area (Å²) in [4.78, 5) is 18.5. The van der Waals surface area contributed by atoms with Crippen LogP contribution in [0.2, 0.25) is 5.02 Å². The maximum absolute atomic E-state index is 12.3. The summed E-state index contributed by atoms with van der Waals surface area (Å²) in [6, 6.07) is 16.9. The van der Waals surface area contributed by atoms with Crippen molar-refractivity contribution in [1.29, 1.82) is 0 Å². The van der Waals surface area contributed by atoms with E-state index in [0.717, 1.165) is 11.3 Å². The van der Waals surface area contributed by atoms with Crippen LogP contribution in [0, 0.1) is 0 Å². The van der Waals surface area contributed by atoms with Crippen molar-refractivity contribution < 1.29 is 9.32 Å². The number of halogens is 1. The van der Waals surface area contributed by atoms with E-state index in [9.17, 15) is 4.79 Å². The number of carbonyl (C=O) groups excluding carboxylic acids is 1. The lowest BCUT2D eigenvalue weighted by molar-refractivity contribution is -0.117. The Bertz CT molecular complexity index is 879. The molecule has 1 atom stereocenters. The van der Waals surface area contributed by atoms with Gasteiger partial charge in [-0.2, -0.15) is 4.98 Å². The Labute approximate surface area is 143 Å². The monoisotopic (exact) mass is 339 g/mol. The SMILES string of the molecule is O=C1C[C@H](c2nc(-c3ccccc3)no2)CN1c1cccc(Cl)c1. The van der Waals surface area contributed by atoms with Crippen molar-refractivity contribution in [3.63, 3.8) is 0 Å². The zero-order valence-electron chi connectivity index (χ0n) is 12.7. The van der Waals surface area contributed by atoms with E-state index < -0.39 is 0 Å². The summed E-state index contributed by atoms with van der Waals surface area (Å²) in [5.74, 6) is 0.953. The fraction of sp³-hybridized carbons (Fsp3) is 0.167. The average molecular weight is 340 g/mol. The van der Waals surface area contributed by atoms with Gasteiger partial charge >= 0.3 is 0 Å². The topological polar surface area (TPSA) is 59.2 Å². The Balaban J connectivity index is 1.56. The molecule has 0 saturated carbocycles. The molecule has 0 spiro atoms. The third kappa shape index (κ3) is 2.78. The molecule has 3 aromatic rings. The number of anilines is 1. The van der Waals surface area contributed by atoms with Gasteiger partial charge in [-0.3, -0.25) is 4.79 Å². The molecule has 24 heavy (non-hydrogen) atoms. The predicted octanol–water partition coefficient (Wildman–Crippen LogP) is 3.91. The number of aromatic nitrogens is 2. The maximum atomic E-state index is 12.3. The molecule has 1 aliphatic rings. The van der Waals surface area contributed by atoms with Crippen molar-refractivity contribution in [1.82, 2.24) is 10.1 Å². The highest BCUT2D eigenvalue weighted by atomic mass is 35.5. The first-order valence-corrected chi connectivity index (χ1v) is 8.03. The second-order valence-electron chi connectivity index (χ2n) is 5.71. The lowest BCUT2D eigenvalue weighted by Gasteiger charge is -2.16. The quantitative estimate of drug-likeness (QED) is 0.726. The number of hydrogen-bond donors (Lipinski definition) is 0. The highest BCUT2D eigenvalue weighted by molar-refractivity contribution is 6.30. The molecule has 0 aliphatic carbocycles. The second kappa shape index (κ2) is 6.09. The predicted molar refractivity (Wildman–Crippen MR) is 90.9 cm³/mol. The zero-order chi connectivity index (χ0) is 16.5. The van der Waals surface area contributed by atoms with Crippen molar-refractivity contribution in [3.05, 3.63) is 65.5 Å². The van der Waals surface area contributed by atoms with E-state index in [1.54, 1.807) is 17.0 Å². The zero-order valence-corrected chi connectivity index (χ0v) is 13.5. The smallest absolute Gasteiger partial charge is 0.232 e. The van der Waals surface area contributed by atoms with E-state index >= 15 is 0 Å². The van der Waals surface area contributed by atoms with Crippen LogP contribution in [-0.4, -0.2) is 22.6 Å². The number of benzene rings is 2. The van der Waals surface area contributed by atoms with Gasteiger partial charge in [-0.1, -0.05) is 53.2 Å². The van der Waals surface area contributed by atoms with E-state index in [-0.39, 0.29) is 11.8 Å². The third-order valence-corrected chi connectivity index (χ3v) is 4.30. The minimum Gasteiger partial charge on any atom is -0.339 e. The molecule has 4 rings (SSSR count). The van der Waals surface area contributed by atoms with Gasteiger partial charge in [0.1, 0.15) is 0 Å². The van der Waals surface area contributed by atoms with Crippen molar-refractivity contribution in [2.75, 3.05) is 11.4 Å². The van der Waals surface area contributed by atoms with Crippen molar-refractivity contribution in [2.45, 2.75) is 12.3 Å². The highest BCUT2D eigenvalue weighted by Gasteiger charge is 2.35. The summed E-state index contributed by atoms with van der Waals surface area (Å²) >= 11 is 6.02. The van der Waals surface area contributed by atoms with Crippen LogP contribution in [0.4, 0.5) is 5.69 Å². The van der Waals surface area contributed by atoms with Gasteiger partial charge in [-0.05, 0) is 18.2 Å². The normalized spacial score (nSPS) is 17.5. The summed E-state index contributed by atoms with van der Waals surface area (Å²) in [6.07, 6.45) is 0.350. The van der Waals surface area contributed by atoms with Crippen molar-refractivity contribution >= 4 is 23.2 Å². The number of amides is 1. The third-order valence-electron chi connectivity index (χ3n) is 4.07. The molecule has 0 unspecified atom stereocenters. The van der Waals surface area contributed by atoms with Crippen LogP contribution in [0.3, 0.4) is 0 Å². The number of hydrogen-bond acceptors (Lipinski definition) is 4. The molecule has 1 aliphatic heterocycles. The van der Waals surface area contributed by atoms with Gasteiger partial charge in [-0.25, -0.2) is 0 Å². The molecular formula is C18H14ClN3O2. The minimum atomic E-state index is -0.110. The first-order valence-electron chi connectivity index (χ1n) is 7.65. The molecule has 120 valence electrons. The second-order valence-corrected chi connectivity index (χ2v) is 6.14. The summed E-state index contributed by atoms with van der Waals surface area (Å²) in [5, 5.41) is 4.64. The summed E-state index contributed by atoms with van der Waals surface area (Å²) in [5.41, 5.74) is 1.68. The standard InChI is InChI=1S/C18H14ClN3O2/c19-14-7-4-8-15(10-14)22-11-13(9-16(22)23)18-20-17(21-24-18)12-5-2-1-3-6-12/h1-8,10,13H,9,11H2/t13-/m0/s1.